The summed E-state index contributed by atoms with van der Waals surface area (Å²) in [5.41, 5.74) is 8.58. The van der Waals surface area contributed by atoms with Crippen molar-refractivity contribution in [2.45, 2.75) is 52.5 Å². The van der Waals surface area contributed by atoms with Crippen LogP contribution in [0.4, 0.5) is 0 Å². The van der Waals surface area contributed by atoms with E-state index in [1.54, 1.807) is 18.8 Å². The van der Waals surface area contributed by atoms with E-state index in [1.807, 2.05) is 49.9 Å². The minimum Gasteiger partial charge on any atom is -0.494 e. The van der Waals surface area contributed by atoms with Crippen molar-refractivity contribution >= 4 is 22.9 Å². The number of amides is 1. The van der Waals surface area contributed by atoms with Crippen LogP contribution < -0.4 is 4.74 Å². The van der Waals surface area contributed by atoms with Gasteiger partial charge in [-0.1, -0.05) is 30.3 Å². The number of ether oxygens (including phenoxy) is 1. The van der Waals surface area contributed by atoms with E-state index in [0.717, 1.165) is 52.0 Å². The van der Waals surface area contributed by atoms with Crippen LogP contribution in [-0.2, 0) is 31.2 Å². The molecule has 1 N–H and O–H groups in total. The number of rotatable bonds is 7. The lowest BCUT2D eigenvalue weighted by molar-refractivity contribution is -0.137. The fraction of sp³-hybridized carbons (Fsp3) is 0.367. The molecule has 202 valence electrons. The number of benzene rings is 2. The van der Waals surface area contributed by atoms with Crippen molar-refractivity contribution in [1.82, 2.24) is 24.9 Å². The van der Waals surface area contributed by atoms with E-state index in [0.29, 0.717) is 29.9 Å². The number of aromatic nitrogens is 4. The molecule has 2 aromatic heterocycles. The van der Waals surface area contributed by atoms with Gasteiger partial charge in [-0.25, -0.2) is 4.68 Å². The van der Waals surface area contributed by atoms with Crippen LogP contribution in [0.5, 0.6) is 5.75 Å². The molecule has 1 aliphatic rings. The number of fused-ring (bicyclic) bond motifs is 2. The number of carboxylic acids is 1. The summed E-state index contributed by atoms with van der Waals surface area (Å²) in [6.45, 7) is 6.95. The summed E-state index contributed by atoms with van der Waals surface area (Å²) in [4.78, 5) is 31.9. The van der Waals surface area contributed by atoms with Gasteiger partial charge in [0.1, 0.15) is 16.8 Å². The number of aliphatic carboxylic acids is 1. The number of methoxy groups -OCH3 is 1. The van der Waals surface area contributed by atoms with Crippen LogP contribution in [0, 0.1) is 13.8 Å². The van der Waals surface area contributed by atoms with Gasteiger partial charge in [0.25, 0.3) is 5.91 Å². The second kappa shape index (κ2) is 10.5. The van der Waals surface area contributed by atoms with Crippen LogP contribution in [0.1, 0.15) is 68.8 Å². The molecule has 0 saturated carbocycles. The average molecular weight is 528 g/mol. The van der Waals surface area contributed by atoms with Gasteiger partial charge in [-0.15, -0.1) is 5.10 Å². The van der Waals surface area contributed by atoms with Crippen molar-refractivity contribution in [3.63, 3.8) is 0 Å². The zero-order valence-electron chi connectivity index (χ0n) is 23.0. The smallest absolute Gasteiger partial charge is 0.304 e. The Bertz CT molecular complexity index is 1590. The van der Waals surface area contributed by atoms with Gasteiger partial charge >= 0.3 is 5.97 Å². The lowest BCUT2D eigenvalue weighted by atomic mass is 9.83. The zero-order chi connectivity index (χ0) is 27.8. The Balaban J connectivity index is 1.52. The molecular formula is C30H33N5O4. The van der Waals surface area contributed by atoms with Gasteiger partial charge in [0, 0.05) is 31.7 Å². The van der Waals surface area contributed by atoms with Crippen molar-refractivity contribution < 1.29 is 19.4 Å². The Morgan fingerprint density at radius 1 is 1.13 bits per heavy atom. The number of pyridine rings is 1. The molecule has 0 spiro atoms. The largest absolute Gasteiger partial charge is 0.494 e. The molecular weight excluding hydrogens is 494 g/mol. The second-order valence-corrected chi connectivity index (χ2v) is 10.1. The minimum absolute atomic E-state index is 0.0329. The predicted molar refractivity (Wildman–Crippen MR) is 147 cm³/mol. The molecule has 1 aliphatic heterocycles. The van der Waals surface area contributed by atoms with E-state index < -0.39 is 11.9 Å². The van der Waals surface area contributed by atoms with E-state index in [2.05, 4.69) is 27.4 Å². The highest BCUT2D eigenvalue weighted by molar-refractivity contribution is 5.95. The molecule has 5 rings (SSSR count). The normalized spacial score (nSPS) is 13.8. The number of hydrogen-bond acceptors (Lipinski definition) is 6. The SMILES string of the molecule is CCc1ccc(C(=O)N2CCc3ccc(C(CC(=O)O)c4cc(OC)c5c(nnn5C)c4C)cc3C2)c(C)n1. The summed E-state index contributed by atoms with van der Waals surface area (Å²) >= 11 is 0. The van der Waals surface area contributed by atoms with E-state index in [1.165, 1.54) is 5.56 Å². The Morgan fingerprint density at radius 3 is 2.62 bits per heavy atom. The van der Waals surface area contributed by atoms with Crippen molar-refractivity contribution in [2.24, 2.45) is 7.05 Å². The van der Waals surface area contributed by atoms with Crippen molar-refractivity contribution in [1.29, 1.82) is 0 Å². The lowest BCUT2D eigenvalue weighted by Crippen LogP contribution is -2.36. The van der Waals surface area contributed by atoms with Gasteiger partial charge in [0.05, 0.1) is 24.8 Å². The summed E-state index contributed by atoms with van der Waals surface area (Å²) in [6, 6.07) is 11.8. The molecule has 2 aromatic carbocycles. The third-order valence-electron chi connectivity index (χ3n) is 7.78. The van der Waals surface area contributed by atoms with Gasteiger partial charge < -0.3 is 14.7 Å². The first-order valence-corrected chi connectivity index (χ1v) is 13.2. The molecule has 9 nitrogen and oxygen atoms in total. The molecule has 39 heavy (non-hydrogen) atoms. The molecule has 1 amide bonds. The van der Waals surface area contributed by atoms with E-state index in [9.17, 15) is 14.7 Å². The number of carboxylic acid groups (broad SMARTS) is 1. The summed E-state index contributed by atoms with van der Waals surface area (Å²) in [6.07, 6.45) is 1.47. The van der Waals surface area contributed by atoms with Crippen LogP contribution in [0.15, 0.2) is 36.4 Å². The summed E-state index contributed by atoms with van der Waals surface area (Å²) in [5, 5.41) is 18.3. The highest BCUT2D eigenvalue weighted by Gasteiger charge is 2.28. The number of nitrogens with zero attached hydrogens (tertiary/aromatic N) is 5. The van der Waals surface area contributed by atoms with Gasteiger partial charge in [-0.2, -0.15) is 0 Å². The van der Waals surface area contributed by atoms with Crippen LogP contribution in [0.2, 0.25) is 0 Å². The molecule has 3 heterocycles. The van der Waals surface area contributed by atoms with Crippen LogP contribution >= 0.6 is 0 Å². The van der Waals surface area contributed by atoms with Gasteiger partial charge in [0.15, 0.2) is 0 Å². The van der Waals surface area contributed by atoms with Gasteiger partial charge in [-0.3, -0.25) is 14.6 Å². The molecule has 1 atom stereocenters. The zero-order valence-corrected chi connectivity index (χ0v) is 23.0. The molecule has 0 aliphatic carbocycles. The Morgan fingerprint density at radius 2 is 1.92 bits per heavy atom. The maximum Gasteiger partial charge on any atom is 0.304 e. The molecule has 1 unspecified atom stereocenters. The first kappa shape index (κ1) is 26.3. The highest BCUT2D eigenvalue weighted by atomic mass is 16.5. The third-order valence-corrected chi connectivity index (χ3v) is 7.78. The second-order valence-electron chi connectivity index (χ2n) is 10.1. The van der Waals surface area contributed by atoms with Crippen LogP contribution in [-0.4, -0.2) is 55.5 Å². The Labute approximate surface area is 227 Å². The average Bonchev–Trinajstić information content (AvgIpc) is 3.33. The monoisotopic (exact) mass is 527 g/mol. The van der Waals surface area contributed by atoms with Crippen LogP contribution in [0.3, 0.4) is 0 Å². The van der Waals surface area contributed by atoms with Crippen molar-refractivity contribution in [3.8, 4) is 5.75 Å². The summed E-state index contributed by atoms with van der Waals surface area (Å²) < 4.78 is 7.31. The maximum atomic E-state index is 13.4. The predicted octanol–water partition coefficient (Wildman–Crippen LogP) is 4.36. The van der Waals surface area contributed by atoms with E-state index in [-0.39, 0.29) is 12.3 Å². The third kappa shape index (κ3) is 4.84. The fourth-order valence-corrected chi connectivity index (χ4v) is 5.61. The first-order chi connectivity index (χ1) is 18.7. The van der Waals surface area contributed by atoms with Gasteiger partial charge in [-0.05, 0) is 72.7 Å². The molecule has 9 heteroatoms. The number of carbonyl (C=O) groups is 2. The number of aryl methyl sites for hydroxylation is 4. The summed E-state index contributed by atoms with van der Waals surface area (Å²) in [7, 11) is 3.39. The minimum atomic E-state index is -0.898. The quantitative estimate of drug-likeness (QED) is 0.380. The summed E-state index contributed by atoms with van der Waals surface area (Å²) in [5.74, 6) is -0.756. The maximum absolute atomic E-state index is 13.4. The molecule has 0 radical (unpaired) electrons. The van der Waals surface area contributed by atoms with E-state index in [4.69, 9.17) is 4.74 Å². The topological polar surface area (TPSA) is 110 Å². The van der Waals surface area contributed by atoms with Crippen molar-refractivity contribution in [2.75, 3.05) is 13.7 Å². The van der Waals surface area contributed by atoms with Crippen molar-refractivity contribution in [3.05, 3.63) is 81.2 Å². The van der Waals surface area contributed by atoms with E-state index >= 15 is 0 Å². The molecule has 0 fully saturated rings. The van der Waals surface area contributed by atoms with Gasteiger partial charge in [0.2, 0.25) is 0 Å². The number of carbonyl (C=O) groups excluding carboxylic acids is 1. The molecule has 0 bridgehead atoms. The molecule has 0 saturated heterocycles. The fourth-order valence-electron chi connectivity index (χ4n) is 5.61. The lowest BCUT2D eigenvalue weighted by Gasteiger charge is -2.30. The first-order valence-electron chi connectivity index (χ1n) is 13.2. The Hall–Kier alpha value is -4.27. The highest BCUT2D eigenvalue weighted by Crippen LogP contribution is 2.38. The molecule has 4 aromatic rings. The number of hydrogen-bond donors (Lipinski definition) is 1. The van der Waals surface area contributed by atoms with Crippen LogP contribution in [0.25, 0.3) is 11.0 Å². The standard InChI is InChI=1S/C30H33N5O4/c1-6-22-9-10-23(18(3)31-22)30(38)35-12-11-19-7-8-20(13-21(19)16-35)25(15-27(36)37)24-14-26(39-5)29-28(17(24)2)32-33-34(29)4/h7-10,13-14,25H,6,11-12,15-16H2,1-5H3,(H,36,37). The Kier molecular flexibility index (Phi) is 7.08.